The topological polar surface area (TPSA) is 45.6 Å². The molecule has 0 aliphatic heterocycles. The summed E-state index contributed by atoms with van der Waals surface area (Å²) in [5.41, 5.74) is 1.73. The molecular weight excluding hydrogens is 401 g/mol. The Bertz CT molecular complexity index is 461. The molecule has 0 atom stereocenters. The number of nitrogens with zero attached hydrogens (tertiary/aromatic N) is 1. The molecule has 1 saturated carbocycles. The fourth-order valence-electron chi connectivity index (χ4n) is 2.96. The Labute approximate surface area is 157 Å². The molecule has 0 heterocycles. The normalized spacial score (nSPS) is 16.2. The Kier molecular flexibility index (Phi) is 9.55. The van der Waals surface area contributed by atoms with Crippen molar-refractivity contribution in [1.82, 2.24) is 10.6 Å². The van der Waals surface area contributed by atoms with Gasteiger partial charge in [-0.25, -0.2) is 0 Å². The zero-order valence-corrected chi connectivity index (χ0v) is 16.6. The lowest BCUT2D eigenvalue weighted by atomic mass is 9.64. The number of rotatable bonds is 8. The molecule has 1 aliphatic rings. The summed E-state index contributed by atoms with van der Waals surface area (Å²) in [6.45, 7) is 5.44. The minimum atomic E-state index is 0. The third kappa shape index (κ3) is 5.95. The van der Waals surface area contributed by atoms with Crippen molar-refractivity contribution in [2.24, 2.45) is 4.99 Å². The van der Waals surface area contributed by atoms with Gasteiger partial charge in [-0.15, -0.1) is 24.0 Å². The van der Waals surface area contributed by atoms with Crippen LogP contribution in [0.15, 0.2) is 35.3 Å². The summed E-state index contributed by atoms with van der Waals surface area (Å²) >= 11 is 0. The number of aliphatic imine (C=N–C) groups is 1. The molecule has 23 heavy (non-hydrogen) atoms. The maximum Gasteiger partial charge on any atom is 0.191 e. The summed E-state index contributed by atoms with van der Waals surface area (Å²) in [6, 6.07) is 10.9. The zero-order valence-electron chi connectivity index (χ0n) is 14.3. The fraction of sp³-hybridized carbons (Fsp3) is 0.611. The van der Waals surface area contributed by atoms with Gasteiger partial charge in [0, 0.05) is 38.8 Å². The third-order valence-electron chi connectivity index (χ3n) is 4.48. The Balaban J connectivity index is 0.00000264. The number of hydrogen-bond donors (Lipinski definition) is 2. The summed E-state index contributed by atoms with van der Waals surface area (Å²) in [7, 11) is 1.83. The summed E-state index contributed by atoms with van der Waals surface area (Å²) in [4.78, 5) is 4.31. The number of halogens is 1. The molecule has 0 radical (unpaired) electrons. The van der Waals surface area contributed by atoms with Crippen LogP contribution in [0.4, 0.5) is 0 Å². The average Bonchev–Trinajstić information content (AvgIpc) is 2.52. The monoisotopic (exact) mass is 431 g/mol. The average molecular weight is 431 g/mol. The van der Waals surface area contributed by atoms with Crippen LogP contribution >= 0.6 is 24.0 Å². The molecule has 1 aromatic carbocycles. The number of nitrogens with one attached hydrogen (secondary N) is 2. The van der Waals surface area contributed by atoms with E-state index in [1.165, 1.54) is 24.8 Å². The van der Waals surface area contributed by atoms with Crippen molar-refractivity contribution >= 4 is 29.9 Å². The zero-order chi connectivity index (χ0) is 15.7. The fourth-order valence-corrected chi connectivity index (χ4v) is 2.96. The molecule has 0 bridgehead atoms. The van der Waals surface area contributed by atoms with Gasteiger partial charge in [-0.05, 0) is 31.7 Å². The van der Waals surface area contributed by atoms with E-state index in [-0.39, 0.29) is 29.4 Å². The molecule has 0 amide bonds. The predicted octanol–water partition coefficient (Wildman–Crippen LogP) is 3.32. The first-order valence-corrected chi connectivity index (χ1v) is 8.38. The second-order valence-electron chi connectivity index (χ2n) is 5.90. The molecule has 0 saturated heterocycles. The SMILES string of the molecule is CCOCCCNC(=NC)NCC1(c2ccccc2)CCC1.I. The van der Waals surface area contributed by atoms with E-state index in [9.17, 15) is 0 Å². The van der Waals surface area contributed by atoms with Crippen LogP contribution in [0.5, 0.6) is 0 Å². The number of guanidine groups is 1. The minimum absolute atomic E-state index is 0. The lowest BCUT2D eigenvalue weighted by molar-refractivity contribution is 0.145. The van der Waals surface area contributed by atoms with Crippen LogP contribution < -0.4 is 10.6 Å². The molecule has 130 valence electrons. The minimum Gasteiger partial charge on any atom is -0.382 e. The van der Waals surface area contributed by atoms with Crippen molar-refractivity contribution in [3.63, 3.8) is 0 Å². The van der Waals surface area contributed by atoms with E-state index in [0.29, 0.717) is 0 Å². The van der Waals surface area contributed by atoms with Gasteiger partial charge in [0.15, 0.2) is 5.96 Å². The van der Waals surface area contributed by atoms with Crippen LogP contribution in [0.25, 0.3) is 0 Å². The van der Waals surface area contributed by atoms with Gasteiger partial charge >= 0.3 is 0 Å². The summed E-state index contributed by atoms with van der Waals surface area (Å²) in [5.74, 6) is 0.888. The molecule has 0 spiro atoms. The lowest BCUT2D eigenvalue weighted by Gasteiger charge is -2.43. The first-order chi connectivity index (χ1) is 10.8. The lowest BCUT2D eigenvalue weighted by Crippen LogP contribution is -2.49. The Hall–Kier alpha value is -0.820. The van der Waals surface area contributed by atoms with Crippen molar-refractivity contribution in [3.8, 4) is 0 Å². The molecule has 2 rings (SSSR count). The molecule has 1 aromatic rings. The van der Waals surface area contributed by atoms with Crippen molar-refractivity contribution in [3.05, 3.63) is 35.9 Å². The van der Waals surface area contributed by atoms with E-state index in [4.69, 9.17) is 4.74 Å². The molecule has 2 N–H and O–H groups in total. The Morgan fingerprint density at radius 1 is 1.22 bits per heavy atom. The van der Waals surface area contributed by atoms with Crippen molar-refractivity contribution < 1.29 is 4.74 Å². The highest BCUT2D eigenvalue weighted by molar-refractivity contribution is 14.0. The largest absolute Gasteiger partial charge is 0.382 e. The van der Waals surface area contributed by atoms with Crippen LogP contribution in [0, 0.1) is 0 Å². The van der Waals surface area contributed by atoms with E-state index in [1.54, 1.807) is 0 Å². The molecule has 5 heteroatoms. The van der Waals surface area contributed by atoms with E-state index >= 15 is 0 Å². The Morgan fingerprint density at radius 2 is 1.96 bits per heavy atom. The Morgan fingerprint density at radius 3 is 2.52 bits per heavy atom. The highest BCUT2D eigenvalue weighted by Crippen LogP contribution is 2.43. The number of ether oxygens (including phenoxy) is 1. The maximum atomic E-state index is 5.35. The summed E-state index contributed by atoms with van der Waals surface area (Å²) in [5, 5.41) is 6.86. The molecule has 4 nitrogen and oxygen atoms in total. The van der Waals surface area contributed by atoms with Gasteiger partial charge in [-0.2, -0.15) is 0 Å². The van der Waals surface area contributed by atoms with Gasteiger partial charge < -0.3 is 15.4 Å². The van der Waals surface area contributed by atoms with Gasteiger partial charge in [0.2, 0.25) is 0 Å². The van der Waals surface area contributed by atoms with E-state index in [0.717, 1.165) is 38.7 Å². The summed E-state index contributed by atoms with van der Waals surface area (Å²) in [6.07, 6.45) is 4.83. The van der Waals surface area contributed by atoms with Crippen LogP contribution in [0.2, 0.25) is 0 Å². The van der Waals surface area contributed by atoms with Gasteiger partial charge in [-0.3, -0.25) is 4.99 Å². The van der Waals surface area contributed by atoms with E-state index < -0.39 is 0 Å². The summed E-state index contributed by atoms with van der Waals surface area (Å²) < 4.78 is 5.35. The second kappa shape index (κ2) is 10.9. The van der Waals surface area contributed by atoms with Crippen molar-refractivity contribution in [2.75, 3.05) is 33.4 Å². The smallest absolute Gasteiger partial charge is 0.191 e. The van der Waals surface area contributed by atoms with Crippen LogP contribution in [-0.4, -0.2) is 39.3 Å². The first-order valence-electron chi connectivity index (χ1n) is 8.38. The highest BCUT2D eigenvalue weighted by atomic mass is 127. The highest BCUT2D eigenvalue weighted by Gasteiger charge is 2.38. The first kappa shape index (κ1) is 20.2. The molecule has 0 aromatic heterocycles. The van der Waals surface area contributed by atoms with E-state index in [2.05, 4.69) is 46.0 Å². The van der Waals surface area contributed by atoms with Gasteiger partial charge in [-0.1, -0.05) is 36.8 Å². The van der Waals surface area contributed by atoms with Crippen molar-refractivity contribution in [1.29, 1.82) is 0 Å². The maximum absolute atomic E-state index is 5.35. The van der Waals surface area contributed by atoms with E-state index in [1.807, 2.05) is 14.0 Å². The predicted molar refractivity (Wildman–Crippen MR) is 108 cm³/mol. The molecular formula is C18H30IN3O. The van der Waals surface area contributed by atoms with Crippen LogP contribution in [0.3, 0.4) is 0 Å². The van der Waals surface area contributed by atoms with Crippen LogP contribution in [-0.2, 0) is 10.2 Å². The molecule has 1 fully saturated rings. The molecule has 1 aliphatic carbocycles. The molecule has 0 unspecified atom stereocenters. The van der Waals surface area contributed by atoms with Crippen LogP contribution in [0.1, 0.15) is 38.2 Å². The van der Waals surface area contributed by atoms with Gasteiger partial charge in [0.05, 0.1) is 0 Å². The van der Waals surface area contributed by atoms with Gasteiger partial charge in [0.25, 0.3) is 0 Å². The second-order valence-corrected chi connectivity index (χ2v) is 5.90. The van der Waals surface area contributed by atoms with Gasteiger partial charge in [0.1, 0.15) is 0 Å². The number of benzene rings is 1. The number of hydrogen-bond acceptors (Lipinski definition) is 2. The standard InChI is InChI=1S/C18H29N3O.HI/c1-3-22-14-8-13-20-17(19-2)21-15-18(11-7-12-18)16-9-5-4-6-10-16;/h4-6,9-10H,3,7-8,11-15H2,1-2H3,(H2,19,20,21);1H. The quantitative estimate of drug-likeness (QED) is 0.287. The third-order valence-corrected chi connectivity index (χ3v) is 4.48. The van der Waals surface area contributed by atoms with Crippen molar-refractivity contribution in [2.45, 2.75) is 38.0 Å².